The molecule has 0 unspecified atom stereocenters. The van der Waals surface area contributed by atoms with Gasteiger partial charge >= 0.3 is 6.09 Å². The second-order valence-corrected chi connectivity index (χ2v) is 7.09. The smallest absolute Gasteiger partial charge is 0.407 e. The second-order valence-electron chi connectivity index (χ2n) is 7.09. The van der Waals surface area contributed by atoms with E-state index in [-0.39, 0.29) is 31.4 Å². The highest BCUT2D eigenvalue weighted by Crippen LogP contribution is 2.44. The molecule has 3 aromatic rings. The van der Waals surface area contributed by atoms with Crippen molar-refractivity contribution in [2.24, 2.45) is 0 Å². The van der Waals surface area contributed by atoms with E-state index in [9.17, 15) is 14.3 Å². The van der Waals surface area contributed by atoms with Crippen LogP contribution in [0.1, 0.15) is 35.1 Å². The van der Waals surface area contributed by atoms with E-state index in [0.717, 1.165) is 22.3 Å². The Labute approximate surface area is 169 Å². The number of carbonyl (C=O) groups is 1. The molecule has 5 heteroatoms. The lowest BCUT2D eigenvalue weighted by atomic mass is 9.98. The quantitative estimate of drug-likeness (QED) is 0.635. The average molecular weight is 391 g/mol. The molecule has 2 N–H and O–H groups in total. The van der Waals surface area contributed by atoms with Crippen LogP contribution in [0.2, 0.25) is 0 Å². The maximum atomic E-state index is 13.5. The number of halogens is 1. The minimum atomic E-state index is -0.588. The topological polar surface area (TPSA) is 58.6 Å². The highest BCUT2D eigenvalue weighted by Gasteiger charge is 2.29. The van der Waals surface area contributed by atoms with Gasteiger partial charge in [-0.25, -0.2) is 9.18 Å². The fourth-order valence-electron chi connectivity index (χ4n) is 3.96. The summed E-state index contributed by atoms with van der Waals surface area (Å²) in [6, 6.07) is 21.7. The molecule has 0 fully saturated rings. The predicted molar refractivity (Wildman–Crippen MR) is 109 cm³/mol. The van der Waals surface area contributed by atoms with Crippen LogP contribution in [0.3, 0.4) is 0 Å². The highest BCUT2D eigenvalue weighted by molar-refractivity contribution is 5.79. The minimum absolute atomic E-state index is 0.0291. The van der Waals surface area contributed by atoms with Crippen molar-refractivity contribution >= 4 is 6.09 Å². The molecule has 0 heterocycles. The van der Waals surface area contributed by atoms with Crippen LogP contribution in [0.25, 0.3) is 11.1 Å². The van der Waals surface area contributed by atoms with Crippen LogP contribution < -0.4 is 5.32 Å². The van der Waals surface area contributed by atoms with Gasteiger partial charge in [0.1, 0.15) is 12.4 Å². The van der Waals surface area contributed by atoms with E-state index in [1.165, 1.54) is 12.1 Å². The van der Waals surface area contributed by atoms with Gasteiger partial charge in [-0.1, -0.05) is 60.7 Å². The van der Waals surface area contributed by atoms with Crippen molar-refractivity contribution in [3.63, 3.8) is 0 Å². The highest BCUT2D eigenvalue weighted by atomic mass is 19.1. The molecule has 1 atom stereocenters. The first-order valence-electron chi connectivity index (χ1n) is 9.65. The van der Waals surface area contributed by atoms with Crippen LogP contribution in [0.4, 0.5) is 9.18 Å². The zero-order valence-corrected chi connectivity index (χ0v) is 15.8. The Morgan fingerprint density at radius 1 is 1.00 bits per heavy atom. The third-order valence-corrected chi connectivity index (χ3v) is 5.30. The van der Waals surface area contributed by atoms with Crippen molar-refractivity contribution < 1.29 is 19.0 Å². The Morgan fingerprint density at radius 2 is 1.66 bits per heavy atom. The van der Waals surface area contributed by atoms with Gasteiger partial charge in [0.2, 0.25) is 0 Å². The monoisotopic (exact) mass is 391 g/mol. The minimum Gasteiger partial charge on any atom is -0.449 e. The summed E-state index contributed by atoms with van der Waals surface area (Å²) in [6.07, 6.45) is -0.317. The molecule has 0 saturated heterocycles. The molecule has 0 aliphatic heterocycles. The second kappa shape index (κ2) is 8.45. The lowest BCUT2D eigenvalue weighted by Crippen LogP contribution is -2.31. The summed E-state index contributed by atoms with van der Waals surface area (Å²) in [6.45, 7) is 0.0691. The van der Waals surface area contributed by atoms with Gasteiger partial charge < -0.3 is 15.2 Å². The Morgan fingerprint density at radius 3 is 2.28 bits per heavy atom. The molecule has 4 rings (SSSR count). The summed E-state index contributed by atoms with van der Waals surface area (Å²) < 4.78 is 19.1. The van der Waals surface area contributed by atoms with Crippen LogP contribution in [0.15, 0.2) is 72.8 Å². The summed E-state index contributed by atoms with van der Waals surface area (Å²) >= 11 is 0. The Bertz CT molecular complexity index is 975. The number of nitrogens with one attached hydrogen (secondary N) is 1. The first-order chi connectivity index (χ1) is 14.2. The maximum absolute atomic E-state index is 13.5. The van der Waals surface area contributed by atoms with Crippen molar-refractivity contribution in [3.8, 4) is 11.1 Å². The molecule has 29 heavy (non-hydrogen) atoms. The molecule has 148 valence electrons. The van der Waals surface area contributed by atoms with Gasteiger partial charge in [-0.3, -0.25) is 0 Å². The summed E-state index contributed by atoms with van der Waals surface area (Å²) in [7, 11) is 0. The number of amides is 1. The van der Waals surface area contributed by atoms with Crippen molar-refractivity contribution in [2.45, 2.75) is 18.4 Å². The van der Waals surface area contributed by atoms with Gasteiger partial charge in [0, 0.05) is 12.5 Å². The van der Waals surface area contributed by atoms with Crippen molar-refractivity contribution in [3.05, 3.63) is 95.3 Å². The van der Waals surface area contributed by atoms with Gasteiger partial charge in [0.05, 0.1) is 6.04 Å². The maximum Gasteiger partial charge on any atom is 0.407 e. The lowest BCUT2D eigenvalue weighted by Gasteiger charge is -2.20. The van der Waals surface area contributed by atoms with Crippen LogP contribution in [-0.2, 0) is 4.74 Å². The number of rotatable bonds is 6. The number of benzene rings is 3. The van der Waals surface area contributed by atoms with Gasteiger partial charge in [0.25, 0.3) is 0 Å². The Hall–Kier alpha value is -3.18. The van der Waals surface area contributed by atoms with Crippen LogP contribution >= 0.6 is 0 Å². The average Bonchev–Trinajstić information content (AvgIpc) is 3.06. The summed E-state index contributed by atoms with van der Waals surface area (Å²) in [4.78, 5) is 12.5. The van der Waals surface area contributed by atoms with Gasteiger partial charge in [-0.2, -0.15) is 0 Å². The molecule has 0 aromatic heterocycles. The van der Waals surface area contributed by atoms with Gasteiger partial charge in [0.15, 0.2) is 0 Å². The zero-order chi connectivity index (χ0) is 20.2. The largest absolute Gasteiger partial charge is 0.449 e. The van der Waals surface area contributed by atoms with Crippen LogP contribution in [-0.4, -0.2) is 24.4 Å². The Balaban J connectivity index is 1.47. The third kappa shape index (κ3) is 4.00. The molecule has 1 amide bonds. The van der Waals surface area contributed by atoms with Gasteiger partial charge in [-0.05, 0) is 46.4 Å². The molecule has 1 aliphatic rings. The number of aliphatic hydroxyl groups is 1. The van der Waals surface area contributed by atoms with Gasteiger partial charge in [-0.15, -0.1) is 0 Å². The number of alkyl carbamates (subject to hydrolysis) is 1. The molecule has 0 spiro atoms. The van der Waals surface area contributed by atoms with E-state index < -0.39 is 12.1 Å². The molecule has 3 aromatic carbocycles. The van der Waals surface area contributed by atoms with E-state index in [1.54, 1.807) is 12.1 Å². The first kappa shape index (κ1) is 19.2. The standard InChI is InChI=1S/C24H22FNO3/c25-17-7-5-6-16(14-17)23(12-13-27)26-24(28)29-15-22-20-10-3-1-8-18(20)19-9-2-4-11-21(19)22/h1-11,14,22-23,27H,12-13,15H2,(H,26,28)/t23-/m1/s1. The number of ether oxygens (including phenoxy) is 1. The predicted octanol–water partition coefficient (Wildman–Crippen LogP) is 4.79. The van der Waals surface area contributed by atoms with Crippen molar-refractivity contribution in [1.82, 2.24) is 5.32 Å². The van der Waals surface area contributed by atoms with E-state index in [4.69, 9.17) is 4.74 Å². The van der Waals surface area contributed by atoms with E-state index in [1.807, 2.05) is 24.3 Å². The third-order valence-electron chi connectivity index (χ3n) is 5.30. The summed E-state index contributed by atoms with van der Waals surface area (Å²) in [5.74, 6) is -0.418. The zero-order valence-electron chi connectivity index (χ0n) is 15.8. The fourth-order valence-corrected chi connectivity index (χ4v) is 3.96. The SMILES string of the molecule is O=C(N[C@H](CCO)c1cccc(F)c1)OCC1c2ccccc2-c2ccccc21. The van der Waals surface area contributed by atoms with Crippen molar-refractivity contribution in [1.29, 1.82) is 0 Å². The van der Waals surface area contributed by atoms with E-state index in [0.29, 0.717) is 5.56 Å². The number of aliphatic hydroxyl groups excluding tert-OH is 1. The molecular formula is C24H22FNO3. The van der Waals surface area contributed by atoms with Crippen LogP contribution in [0, 0.1) is 5.82 Å². The molecule has 4 nitrogen and oxygen atoms in total. The number of carbonyl (C=O) groups excluding carboxylic acids is 1. The number of hydrogen-bond donors (Lipinski definition) is 2. The number of hydrogen-bond acceptors (Lipinski definition) is 3. The number of fused-ring (bicyclic) bond motifs is 3. The first-order valence-corrected chi connectivity index (χ1v) is 9.65. The molecular weight excluding hydrogens is 369 g/mol. The fraction of sp³-hybridized carbons (Fsp3) is 0.208. The van der Waals surface area contributed by atoms with E-state index >= 15 is 0 Å². The van der Waals surface area contributed by atoms with E-state index in [2.05, 4.69) is 29.6 Å². The molecule has 0 bridgehead atoms. The van der Waals surface area contributed by atoms with Crippen LogP contribution in [0.5, 0.6) is 0 Å². The molecule has 0 saturated carbocycles. The lowest BCUT2D eigenvalue weighted by molar-refractivity contribution is 0.136. The summed E-state index contributed by atoms with van der Waals surface area (Å²) in [5, 5.41) is 12.1. The molecule has 0 radical (unpaired) electrons. The van der Waals surface area contributed by atoms with Crippen molar-refractivity contribution in [2.75, 3.05) is 13.2 Å². The Kier molecular flexibility index (Phi) is 5.58. The molecule has 1 aliphatic carbocycles. The summed E-state index contributed by atoms with van der Waals surface area (Å²) in [5.41, 5.74) is 5.19. The normalized spacial score (nSPS) is 13.4.